The van der Waals surface area contributed by atoms with Gasteiger partial charge in [0.1, 0.15) is 12.4 Å². The summed E-state index contributed by atoms with van der Waals surface area (Å²) in [7, 11) is 1.30. The van der Waals surface area contributed by atoms with Crippen LogP contribution in [0.3, 0.4) is 0 Å². The zero-order valence-electron chi connectivity index (χ0n) is 23.6. The first kappa shape index (κ1) is 29.2. The van der Waals surface area contributed by atoms with E-state index in [-0.39, 0.29) is 16.7 Å². The first-order valence-electron chi connectivity index (χ1n) is 14.0. The number of carbonyl (C=O) groups excluding carboxylic acids is 1. The first-order valence-corrected chi connectivity index (χ1v) is 14.3. The summed E-state index contributed by atoms with van der Waals surface area (Å²) in [6.45, 7) is 0.665. The van der Waals surface area contributed by atoms with Crippen molar-refractivity contribution >= 4 is 23.4 Å². The van der Waals surface area contributed by atoms with Crippen molar-refractivity contribution in [3.05, 3.63) is 95.2 Å². The average Bonchev–Trinajstić information content (AvgIpc) is 3.76. The van der Waals surface area contributed by atoms with Gasteiger partial charge in [0.25, 0.3) is 0 Å². The quantitative estimate of drug-likeness (QED) is 0.182. The summed E-state index contributed by atoms with van der Waals surface area (Å²) in [4.78, 5) is 11.5. The van der Waals surface area contributed by atoms with Crippen molar-refractivity contribution in [2.24, 2.45) is 0 Å². The van der Waals surface area contributed by atoms with Crippen LogP contribution in [0, 0.1) is 11.0 Å². The van der Waals surface area contributed by atoms with Crippen molar-refractivity contribution in [1.29, 1.82) is 0 Å². The molecular formula is C30H28ClFN8O4. The number of halogens is 2. The molecule has 5 aromatic rings. The summed E-state index contributed by atoms with van der Waals surface area (Å²) in [6, 6.07) is 13.1. The van der Waals surface area contributed by atoms with Gasteiger partial charge in [-0.05, 0) is 65.6 Å². The standard InChI is InChI=1S/C30H28ClFN8O4/c1-43-30(41)35-22-8-5-19(6-9-22)21-15-34-38(16-21)27(14-23-4-2-3-13-44-23)25-11-7-20(17-40(25)42)28-26(39-18-33-36-37-39)12-10-24(31)29(28)32/h5-12,15-18,23,27H,2-4,13-14H2,1H3,(H,35,41)/t23-,27+/m0/s1. The number of ether oxygens (including phenoxy) is 2. The third-order valence-corrected chi connectivity index (χ3v) is 7.87. The van der Waals surface area contributed by atoms with Gasteiger partial charge in [-0.15, -0.1) is 5.10 Å². The minimum absolute atomic E-state index is 0.0541. The van der Waals surface area contributed by atoms with Crippen molar-refractivity contribution in [2.45, 2.75) is 37.8 Å². The van der Waals surface area contributed by atoms with E-state index in [0.717, 1.165) is 35.1 Å². The Morgan fingerprint density at radius 1 is 1.18 bits per heavy atom. The van der Waals surface area contributed by atoms with Gasteiger partial charge in [-0.1, -0.05) is 23.7 Å². The van der Waals surface area contributed by atoms with E-state index >= 15 is 4.39 Å². The number of benzene rings is 2. The summed E-state index contributed by atoms with van der Waals surface area (Å²) < 4.78 is 29.9. The number of nitrogens with one attached hydrogen (secondary N) is 1. The molecule has 14 heteroatoms. The highest BCUT2D eigenvalue weighted by Crippen LogP contribution is 2.34. The SMILES string of the molecule is COC(=O)Nc1ccc(-c2cnn([C@H](C[C@@H]3CCCCO3)c3ccc(-c4c(-n5cnnn5)ccc(Cl)c4F)c[n+]3[O-])c2)cc1. The number of carbonyl (C=O) groups is 1. The summed E-state index contributed by atoms with van der Waals surface area (Å²) in [5.41, 5.74) is 3.44. The summed E-state index contributed by atoms with van der Waals surface area (Å²) in [6.07, 6.45) is 9.08. The smallest absolute Gasteiger partial charge is 0.411 e. The molecule has 2 atom stereocenters. The van der Waals surface area contributed by atoms with Crippen LogP contribution in [0.15, 0.2) is 73.4 Å². The van der Waals surface area contributed by atoms with Crippen molar-refractivity contribution in [3.63, 3.8) is 0 Å². The van der Waals surface area contributed by atoms with E-state index < -0.39 is 18.0 Å². The van der Waals surface area contributed by atoms with Gasteiger partial charge < -0.3 is 14.7 Å². The molecule has 4 heterocycles. The zero-order chi connectivity index (χ0) is 30.6. The Labute approximate surface area is 256 Å². The van der Waals surface area contributed by atoms with Crippen LogP contribution < -0.4 is 10.0 Å². The van der Waals surface area contributed by atoms with E-state index in [1.165, 1.54) is 30.4 Å². The number of aromatic nitrogens is 7. The molecule has 0 saturated carbocycles. The number of amides is 1. The highest BCUT2D eigenvalue weighted by Gasteiger charge is 2.29. The fourth-order valence-electron chi connectivity index (χ4n) is 5.36. The largest absolute Gasteiger partial charge is 0.618 e. The number of pyridine rings is 1. The summed E-state index contributed by atoms with van der Waals surface area (Å²) in [5.74, 6) is -0.691. The molecular weight excluding hydrogens is 591 g/mol. The molecule has 1 aliphatic heterocycles. The Kier molecular flexibility index (Phi) is 8.48. The Bertz CT molecular complexity index is 1760. The number of rotatable bonds is 8. The van der Waals surface area contributed by atoms with Gasteiger partial charge in [0.05, 0.1) is 41.2 Å². The molecule has 0 bridgehead atoms. The molecule has 0 unspecified atom stereocenters. The lowest BCUT2D eigenvalue weighted by molar-refractivity contribution is -0.615. The van der Waals surface area contributed by atoms with Crippen LogP contribution in [0.4, 0.5) is 14.9 Å². The molecule has 3 aromatic heterocycles. The molecule has 1 amide bonds. The predicted molar refractivity (Wildman–Crippen MR) is 159 cm³/mol. The molecule has 1 aliphatic rings. The molecule has 44 heavy (non-hydrogen) atoms. The second kappa shape index (κ2) is 12.8. The molecule has 0 radical (unpaired) electrons. The van der Waals surface area contributed by atoms with Crippen LogP contribution in [0.1, 0.15) is 37.4 Å². The highest BCUT2D eigenvalue weighted by atomic mass is 35.5. The van der Waals surface area contributed by atoms with Gasteiger partial charge in [-0.3, -0.25) is 10.00 Å². The Morgan fingerprint density at radius 3 is 2.70 bits per heavy atom. The van der Waals surface area contributed by atoms with E-state index in [0.29, 0.717) is 35.7 Å². The van der Waals surface area contributed by atoms with Crippen LogP contribution in [0.5, 0.6) is 0 Å². The van der Waals surface area contributed by atoms with E-state index in [1.807, 2.05) is 18.3 Å². The monoisotopic (exact) mass is 618 g/mol. The Hall–Kier alpha value is -4.88. The maximum atomic E-state index is 15.4. The van der Waals surface area contributed by atoms with Gasteiger partial charge in [0.15, 0.2) is 12.0 Å². The average molecular weight is 619 g/mol. The third kappa shape index (κ3) is 6.10. The van der Waals surface area contributed by atoms with Crippen molar-refractivity contribution in [3.8, 4) is 27.9 Å². The molecule has 0 spiro atoms. The topological polar surface area (TPSA) is 136 Å². The van der Waals surface area contributed by atoms with E-state index in [9.17, 15) is 10.0 Å². The maximum Gasteiger partial charge on any atom is 0.411 e. The molecule has 226 valence electrons. The number of nitrogens with zero attached hydrogens (tertiary/aromatic N) is 7. The lowest BCUT2D eigenvalue weighted by atomic mass is 9.98. The number of methoxy groups -OCH3 is 1. The number of hydrogen-bond acceptors (Lipinski definition) is 8. The fraction of sp³-hybridized carbons (Fsp3) is 0.267. The normalized spacial score (nSPS) is 15.6. The second-order valence-corrected chi connectivity index (χ2v) is 10.7. The van der Waals surface area contributed by atoms with Gasteiger partial charge in [-0.2, -0.15) is 14.5 Å². The molecule has 1 saturated heterocycles. The predicted octanol–water partition coefficient (Wildman–Crippen LogP) is 5.35. The third-order valence-electron chi connectivity index (χ3n) is 7.57. The molecule has 0 aliphatic carbocycles. The zero-order valence-corrected chi connectivity index (χ0v) is 24.4. The van der Waals surface area contributed by atoms with Gasteiger partial charge in [0.2, 0.25) is 5.69 Å². The van der Waals surface area contributed by atoms with Crippen LogP contribution in [0.2, 0.25) is 5.02 Å². The molecule has 2 aromatic carbocycles. The van der Waals surface area contributed by atoms with Crippen molar-refractivity contribution in [1.82, 2.24) is 30.0 Å². The number of anilines is 1. The lowest BCUT2D eigenvalue weighted by Gasteiger charge is -2.26. The molecule has 12 nitrogen and oxygen atoms in total. The highest BCUT2D eigenvalue weighted by molar-refractivity contribution is 6.31. The number of tetrazole rings is 1. The van der Waals surface area contributed by atoms with Crippen LogP contribution in [0.25, 0.3) is 27.9 Å². The van der Waals surface area contributed by atoms with Crippen molar-refractivity contribution in [2.75, 3.05) is 19.0 Å². The van der Waals surface area contributed by atoms with E-state index in [2.05, 4.69) is 30.7 Å². The van der Waals surface area contributed by atoms with Gasteiger partial charge in [0, 0.05) is 36.5 Å². The minimum Gasteiger partial charge on any atom is -0.618 e. The van der Waals surface area contributed by atoms with E-state index in [1.54, 1.807) is 41.2 Å². The Morgan fingerprint density at radius 2 is 2.00 bits per heavy atom. The van der Waals surface area contributed by atoms with Gasteiger partial charge in [-0.25, -0.2) is 9.18 Å². The minimum atomic E-state index is -0.691. The second-order valence-electron chi connectivity index (χ2n) is 10.3. The summed E-state index contributed by atoms with van der Waals surface area (Å²) in [5, 5.41) is 32.0. The number of hydrogen-bond donors (Lipinski definition) is 1. The molecule has 6 rings (SSSR count). The fourth-order valence-corrected chi connectivity index (χ4v) is 5.51. The van der Waals surface area contributed by atoms with Gasteiger partial charge >= 0.3 is 6.09 Å². The molecule has 1 N–H and O–H groups in total. The van der Waals surface area contributed by atoms with Crippen molar-refractivity contribution < 1.29 is 23.4 Å². The summed E-state index contributed by atoms with van der Waals surface area (Å²) >= 11 is 6.13. The lowest BCUT2D eigenvalue weighted by Crippen LogP contribution is -2.37. The molecule has 1 fully saturated rings. The van der Waals surface area contributed by atoms with Crippen LogP contribution >= 0.6 is 11.6 Å². The Balaban J connectivity index is 1.35. The maximum absolute atomic E-state index is 15.4. The van der Waals surface area contributed by atoms with Crippen LogP contribution in [-0.2, 0) is 9.47 Å². The first-order chi connectivity index (χ1) is 21.4. The van der Waals surface area contributed by atoms with E-state index in [4.69, 9.17) is 16.3 Å². The van der Waals surface area contributed by atoms with Crippen LogP contribution in [-0.4, -0.2) is 55.9 Å².